The third-order valence-electron chi connectivity index (χ3n) is 3.81. The van der Waals surface area contributed by atoms with Gasteiger partial charge < -0.3 is 10.6 Å². The summed E-state index contributed by atoms with van der Waals surface area (Å²) in [5.41, 5.74) is 3.26. The van der Waals surface area contributed by atoms with Crippen molar-refractivity contribution in [2.75, 3.05) is 13.1 Å². The molecular weight excluding hydrogens is 228 g/mol. The first-order valence-electron chi connectivity index (χ1n) is 6.57. The topological polar surface area (TPSA) is 59.0 Å². The molecule has 2 heterocycles. The highest BCUT2D eigenvalue weighted by Crippen LogP contribution is 2.14. The third kappa shape index (κ3) is 2.72. The zero-order valence-corrected chi connectivity index (χ0v) is 11.4. The van der Waals surface area contributed by atoms with Crippen LogP contribution in [0.25, 0.3) is 0 Å². The first-order valence-corrected chi connectivity index (χ1v) is 6.57. The average molecular weight is 250 g/mol. The van der Waals surface area contributed by atoms with Crippen molar-refractivity contribution >= 4 is 5.91 Å². The summed E-state index contributed by atoms with van der Waals surface area (Å²) in [5, 5.41) is 10.7. The van der Waals surface area contributed by atoms with Gasteiger partial charge in [-0.25, -0.2) is 0 Å². The standard InChI is InChI=1S/C13H22N4O/c1-9-12(10(2)17(3)16-9)8-15-13(18)11-4-6-14-7-5-11/h11,14H,4-8H2,1-3H3,(H,15,18). The Labute approximate surface area is 108 Å². The van der Waals surface area contributed by atoms with Crippen LogP contribution < -0.4 is 10.6 Å². The van der Waals surface area contributed by atoms with E-state index in [0.717, 1.165) is 42.9 Å². The molecule has 1 aliphatic heterocycles. The summed E-state index contributed by atoms with van der Waals surface area (Å²) in [4.78, 5) is 12.0. The molecule has 0 unspecified atom stereocenters. The summed E-state index contributed by atoms with van der Waals surface area (Å²) in [6.07, 6.45) is 1.88. The number of carbonyl (C=O) groups excluding carboxylic acids is 1. The molecule has 0 aromatic carbocycles. The smallest absolute Gasteiger partial charge is 0.223 e. The van der Waals surface area contributed by atoms with Gasteiger partial charge >= 0.3 is 0 Å². The highest BCUT2D eigenvalue weighted by molar-refractivity contribution is 5.78. The second-order valence-electron chi connectivity index (χ2n) is 5.02. The maximum atomic E-state index is 12.0. The maximum Gasteiger partial charge on any atom is 0.223 e. The Hall–Kier alpha value is -1.36. The van der Waals surface area contributed by atoms with Gasteiger partial charge in [-0.3, -0.25) is 9.48 Å². The van der Waals surface area contributed by atoms with Gasteiger partial charge in [-0.1, -0.05) is 0 Å². The van der Waals surface area contributed by atoms with Gasteiger partial charge in [0.2, 0.25) is 5.91 Å². The number of hydrogen-bond donors (Lipinski definition) is 2. The number of amides is 1. The van der Waals surface area contributed by atoms with Crippen LogP contribution in [0.1, 0.15) is 29.8 Å². The molecule has 5 heteroatoms. The lowest BCUT2D eigenvalue weighted by molar-refractivity contribution is -0.125. The molecule has 1 fully saturated rings. The Balaban J connectivity index is 1.92. The number of nitrogens with one attached hydrogen (secondary N) is 2. The van der Waals surface area contributed by atoms with Crippen LogP contribution >= 0.6 is 0 Å². The van der Waals surface area contributed by atoms with Crippen molar-refractivity contribution in [2.24, 2.45) is 13.0 Å². The number of carbonyl (C=O) groups is 1. The molecule has 0 spiro atoms. The highest BCUT2D eigenvalue weighted by Gasteiger charge is 2.21. The van der Waals surface area contributed by atoms with Gasteiger partial charge in [0.15, 0.2) is 0 Å². The summed E-state index contributed by atoms with van der Waals surface area (Å²) >= 11 is 0. The Kier molecular flexibility index (Phi) is 4.01. The molecular formula is C13H22N4O. The van der Waals surface area contributed by atoms with Crippen molar-refractivity contribution in [3.63, 3.8) is 0 Å². The molecule has 0 atom stereocenters. The fourth-order valence-corrected chi connectivity index (χ4v) is 2.48. The Morgan fingerprint density at radius 1 is 1.44 bits per heavy atom. The van der Waals surface area contributed by atoms with E-state index in [0.29, 0.717) is 6.54 Å². The second kappa shape index (κ2) is 5.52. The normalized spacial score (nSPS) is 16.8. The minimum absolute atomic E-state index is 0.170. The van der Waals surface area contributed by atoms with Gasteiger partial charge in [0.05, 0.1) is 5.69 Å². The van der Waals surface area contributed by atoms with Gasteiger partial charge in [0, 0.05) is 30.8 Å². The van der Waals surface area contributed by atoms with Crippen molar-refractivity contribution in [1.29, 1.82) is 0 Å². The van der Waals surface area contributed by atoms with Crippen LogP contribution in [0.4, 0.5) is 0 Å². The van der Waals surface area contributed by atoms with Crippen molar-refractivity contribution in [2.45, 2.75) is 33.2 Å². The molecule has 1 saturated heterocycles. The van der Waals surface area contributed by atoms with Crippen LogP contribution in [-0.4, -0.2) is 28.8 Å². The van der Waals surface area contributed by atoms with E-state index in [9.17, 15) is 4.79 Å². The van der Waals surface area contributed by atoms with Crippen LogP contribution in [0, 0.1) is 19.8 Å². The molecule has 0 bridgehead atoms. The number of hydrogen-bond acceptors (Lipinski definition) is 3. The Bertz CT molecular complexity index is 432. The van der Waals surface area contributed by atoms with Gasteiger partial charge in [0.25, 0.3) is 0 Å². The van der Waals surface area contributed by atoms with E-state index >= 15 is 0 Å². The second-order valence-corrected chi connectivity index (χ2v) is 5.02. The summed E-state index contributed by atoms with van der Waals surface area (Å²) < 4.78 is 1.86. The van der Waals surface area contributed by atoms with Gasteiger partial charge in [0.1, 0.15) is 0 Å². The van der Waals surface area contributed by atoms with Crippen molar-refractivity contribution in [1.82, 2.24) is 20.4 Å². The zero-order chi connectivity index (χ0) is 13.1. The Morgan fingerprint density at radius 2 is 2.11 bits per heavy atom. The van der Waals surface area contributed by atoms with Crippen molar-refractivity contribution in [3.05, 3.63) is 17.0 Å². The molecule has 5 nitrogen and oxygen atoms in total. The number of nitrogens with zero attached hydrogens (tertiary/aromatic N) is 2. The minimum Gasteiger partial charge on any atom is -0.352 e. The van der Waals surface area contributed by atoms with E-state index in [4.69, 9.17) is 0 Å². The fourth-order valence-electron chi connectivity index (χ4n) is 2.48. The molecule has 18 heavy (non-hydrogen) atoms. The molecule has 0 aliphatic carbocycles. The van der Waals surface area contributed by atoms with Crippen LogP contribution in [-0.2, 0) is 18.4 Å². The highest BCUT2D eigenvalue weighted by atomic mass is 16.1. The third-order valence-corrected chi connectivity index (χ3v) is 3.81. The van der Waals surface area contributed by atoms with Gasteiger partial charge in [-0.15, -0.1) is 0 Å². The van der Waals surface area contributed by atoms with Gasteiger partial charge in [-0.2, -0.15) is 5.10 Å². The zero-order valence-electron chi connectivity index (χ0n) is 11.4. The van der Waals surface area contributed by atoms with Crippen LogP contribution in [0.5, 0.6) is 0 Å². The molecule has 2 rings (SSSR count). The lowest BCUT2D eigenvalue weighted by atomic mass is 9.97. The van der Waals surface area contributed by atoms with Crippen LogP contribution in [0.3, 0.4) is 0 Å². The minimum atomic E-state index is 0.170. The number of rotatable bonds is 3. The van der Waals surface area contributed by atoms with Crippen LogP contribution in [0.15, 0.2) is 0 Å². The Morgan fingerprint density at radius 3 is 2.67 bits per heavy atom. The monoisotopic (exact) mass is 250 g/mol. The lowest BCUT2D eigenvalue weighted by Crippen LogP contribution is -2.38. The summed E-state index contributed by atoms with van der Waals surface area (Å²) in [7, 11) is 1.93. The van der Waals surface area contributed by atoms with Crippen molar-refractivity contribution in [3.8, 4) is 0 Å². The summed E-state index contributed by atoms with van der Waals surface area (Å²) in [6, 6.07) is 0. The predicted octanol–water partition coefficient (Wildman–Crippen LogP) is 0.653. The first-order chi connectivity index (χ1) is 8.59. The summed E-state index contributed by atoms with van der Waals surface area (Å²) in [5.74, 6) is 0.350. The molecule has 1 amide bonds. The van der Waals surface area contributed by atoms with E-state index in [1.165, 1.54) is 0 Å². The van der Waals surface area contributed by atoms with Crippen LogP contribution in [0.2, 0.25) is 0 Å². The number of aryl methyl sites for hydroxylation is 2. The molecule has 100 valence electrons. The lowest BCUT2D eigenvalue weighted by Gasteiger charge is -2.21. The van der Waals surface area contributed by atoms with E-state index in [1.54, 1.807) is 0 Å². The SMILES string of the molecule is Cc1nn(C)c(C)c1CNC(=O)C1CCNCC1. The number of aromatic nitrogens is 2. The molecule has 0 saturated carbocycles. The first kappa shape index (κ1) is 13.1. The summed E-state index contributed by atoms with van der Waals surface area (Å²) in [6.45, 7) is 6.51. The van der Waals surface area contributed by atoms with E-state index < -0.39 is 0 Å². The quantitative estimate of drug-likeness (QED) is 0.828. The maximum absolute atomic E-state index is 12.0. The largest absolute Gasteiger partial charge is 0.352 e. The van der Waals surface area contributed by atoms with E-state index in [-0.39, 0.29) is 11.8 Å². The molecule has 2 N–H and O–H groups in total. The molecule has 0 radical (unpaired) electrons. The molecule has 1 aliphatic rings. The van der Waals surface area contributed by atoms with E-state index in [1.807, 2.05) is 25.6 Å². The fraction of sp³-hybridized carbons (Fsp3) is 0.692. The van der Waals surface area contributed by atoms with E-state index in [2.05, 4.69) is 15.7 Å². The molecule has 1 aromatic heterocycles. The average Bonchev–Trinajstić information content (AvgIpc) is 2.62. The predicted molar refractivity (Wildman–Crippen MR) is 70.1 cm³/mol. The van der Waals surface area contributed by atoms with Gasteiger partial charge in [-0.05, 0) is 39.8 Å². The number of piperidine rings is 1. The molecule has 1 aromatic rings. The van der Waals surface area contributed by atoms with Crippen molar-refractivity contribution < 1.29 is 4.79 Å².